The van der Waals surface area contributed by atoms with Crippen LogP contribution in [0.4, 0.5) is 4.39 Å². The van der Waals surface area contributed by atoms with E-state index in [1.165, 1.54) is 6.07 Å². The first-order valence-electron chi connectivity index (χ1n) is 9.53. The molecule has 2 aromatic heterocycles. The van der Waals surface area contributed by atoms with Crippen LogP contribution in [0.15, 0.2) is 39.7 Å². The van der Waals surface area contributed by atoms with E-state index >= 15 is 0 Å². The highest BCUT2D eigenvalue weighted by atomic mass is 19.1. The molecule has 144 valence electrons. The first-order valence-corrected chi connectivity index (χ1v) is 9.53. The Morgan fingerprint density at radius 3 is 2.75 bits per heavy atom. The molecular weight excluding hydrogens is 357 g/mol. The highest BCUT2D eigenvalue weighted by Gasteiger charge is 2.64. The second kappa shape index (κ2) is 5.59. The zero-order valence-electron chi connectivity index (χ0n) is 16.4. The van der Waals surface area contributed by atoms with Crippen LogP contribution in [0.1, 0.15) is 49.8 Å². The molecule has 0 unspecified atom stereocenters. The average molecular weight is 379 g/mol. The van der Waals surface area contributed by atoms with Gasteiger partial charge in [0.1, 0.15) is 11.4 Å². The Bertz CT molecular complexity index is 1160. The zero-order chi connectivity index (χ0) is 19.7. The van der Waals surface area contributed by atoms with E-state index in [1.807, 2.05) is 26.1 Å². The minimum atomic E-state index is -0.516. The molecule has 7 heteroatoms. The van der Waals surface area contributed by atoms with E-state index in [2.05, 4.69) is 29.1 Å². The van der Waals surface area contributed by atoms with E-state index in [0.717, 1.165) is 24.1 Å². The second-order valence-corrected chi connectivity index (χ2v) is 8.33. The lowest BCUT2D eigenvalue weighted by Gasteiger charge is -2.33. The lowest BCUT2D eigenvalue weighted by atomic mass is 9.75. The first kappa shape index (κ1) is 17.3. The third kappa shape index (κ3) is 2.13. The fourth-order valence-electron chi connectivity index (χ4n) is 5.07. The van der Waals surface area contributed by atoms with Crippen LogP contribution in [-0.4, -0.2) is 20.0 Å². The van der Waals surface area contributed by atoms with Gasteiger partial charge in [0.2, 0.25) is 5.89 Å². The predicted octanol–water partition coefficient (Wildman–Crippen LogP) is 3.63. The van der Waals surface area contributed by atoms with E-state index < -0.39 is 5.54 Å². The lowest BCUT2D eigenvalue weighted by Crippen LogP contribution is -2.36. The molecule has 1 aromatic carbocycles. The molecule has 2 heterocycles. The van der Waals surface area contributed by atoms with Gasteiger partial charge in [-0.25, -0.2) is 14.1 Å². The van der Waals surface area contributed by atoms with Crippen molar-refractivity contribution in [2.45, 2.75) is 45.1 Å². The number of aryl methyl sites for hydroxylation is 2. The molecule has 0 aliphatic heterocycles. The predicted molar refractivity (Wildman–Crippen MR) is 101 cm³/mol. The van der Waals surface area contributed by atoms with Crippen LogP contribution in [0, 0.1) is 18.2 Å². The molecule has 2 aliphatic rings. The summed E-state index contributed by atoms with van der Waals surface area (Å²) < 4.78 is 21.7. The standard InChI is InChI=1S/C21H22FN5O/c1-12-26-27(4)19(28-12)23-21-10-9-15(20(21,2)3)14-11-17(24-25-18(14)21)13-7-5-6-8-16(13)22/h5-8,11,15H,9-10H2,1-4H3/b23-19+/t15-,21-/m0/s1. The van der Waals surface area contributed by atoms with Gasteiger partial charge in [0.25, 0.3) is 0 Å². The quantitative estimate of drug-likeness (QED) is 0.682. The Labute approximate surface area is 162 Å². The van der Waals surface area contributed by atoms with Crippen LogP contribution in [0.3, 0.4) is 0 Å². The number of hydrogen-bond acceptors (Lipinski definition) is 5. The Morgan fingerprint density at radius 1 is 1.25 bits per heavy atom. The Balaban J connectivity index is 1.72. The van der Waals surface area contributed by atoms with Crippen LogP contribution < -0.4 is 5.68 Å². The van der Waals surface area contributed by atoms with Crippen molar-refractivity contribution in [2.75, 3.05) is 0 Å². The van der Waals surface area contributed by atoms with E-state index in [1.54, 1.807) is 16.8 Å². The lowest BCUT2D eigenvalue weighted by molar-refractivity contribution is 0.200. The molecule has 1 fully saturated rings. The van der Waals surface area contributed by atoms with Gasteiger partial charge in [0.05, 0.1) is 11.4 Å². The molecule has 6 nitrogen and oxygen atoms in total. The fourth-order valence-corrected chi connectivity index (χ4v) is 5.07. The van der Waals surface area contributed by atoms with Crippen LogP contribution in [-0.2, 0) is 12.6 Å². The number of aromatic nitrogens is 4. The van der Waals surface area contributed by atoms with Crippen molar-refractivity contribution < 1.29 is 8.81 Å². The van der Waals surface area contributed by atoms with Gasteiger partial charge in [-0.05, 0) is 42.5 Å². The molecular formula is C21H22FN5O. The van der Waals surface area contributed by atoms with Gasteiger partial charge in [-0.15, -0.1) is 5.10 Å². The molecule has 0 spiro atoms. The van der Waals surface area contributed by atoms with Crippen molar-refractivity contribution in [1.29, 1.82) is 0 Å². The summed E-state index contributed by atoms with van der Waals surface area (Å²) in [4.78, 5) is 5.04. The largest absolute Gasteiger partial charge is 0.408 e. The Morgan fingerprint density at radius 2 is 2.04 bits per heavy atom. The van der Waals surface area contributed by atoms with Gasteiger partial charge in [-0.2, -0.15) is 10.2 Å². The summed E-state index contributed by atoms with van der Waals surface area (Å²) in [6, 6.07) is 8.67. The van der Waals surface area contributed by atoms with Gasteiger partial charge in [-0.1, -0.05) is 26.0 Å². The fraction of sp³-hybridized carbons (Fsp3) is 0.429. The molecule has 0 amide bonds. The molecule has 0 N–H and O–H groups in total. The summed E-state index contributed by atoms with van der Waals surface area (Å²) in [6.45, 7) is 6.26. The summed E-state index contributed by atoms with van der Waals surface area (Å²) in [5.74, 6) is 0.577. The molecule has 28 heavy (non-hydrogen) atoms. The third-order valence-corrected chi connectivity index (χ3v) is 6.57. The molecule has 2 atom stereocenters. The van der Waals surface area contributed by atoms with Crippen molar-refractivity contribution in [2.24, 2.45) is 17.5 Å². The zero-order valence-corrected chi connectivity index (χ0v) is 16.4. The number of hydrogen-bond donors (Lipinski definition) is 0. The molecule has 2 aliphatic carbocycles. The van der Waals surface area contributed by atoms with Gasteiger partial charge >= 0.3 is 5.68 Å². The highest BCUT2D eigenvalue weighted by Crippen LogP contribution is 2.67. The summed E-state index contributed by atoms with van der Waals surface area (Å²) in [5.41, 5.74) is 2.86. The Hall–Kier alpha value is -2.83. The van der Waals surface area contributed by atoms with Crippen molar-refractivity contribution in [1.82, 2.24) is 20.0 Å². The smallest absolute Gasteiger partial charge is 0.315 e. The van der Waals surface area contributed by atoms with Crippen molar-refractivity contribution in [3.63, 3.8) is 0 Å². The maximum Gasteiger partial charge on any atom is 0.315 e. The molecule has 3 aromatic rings. The topological polar surface area (TPSA) is 69.1 Å². The molecule has 0 radical (unpaired) electrons. The van der Waals surface area contributed by atoms with Crippen LogP contribution in [0.25, 0.3) is 11.3 Å². The summed E-state index contributed by atoms with van der Waals surface area (Å²) >= 11 is 0. The monoisotopic (exact) mass is 379 g/mol. The normalized spacial score (nSPS) is 25.3. The first-order chi connectivity index (χ1) is 13.3. The Kier molecular flexibility index (Phi) is 3.45. The van der Waals surface area contributed by atoms with Gasteiger partial charge in [-0.3, -0.25) is 0 Å². The van der Waals surface area contributed by atoms with Gasteiger partial charge in [0, 0.05) is 24.9 Å². The van der Waals surface area contributed by atoms with Crippen LogP contribution in [0.2, 0.25) is 0 Å². The van der Waals surface area contributed by atoms with Crippen molar-refractivity contribution in [3.05, 3.63) is 59.0 Å². The number of fused-ring (bicyclic) bond motifs is 5. The van der Waals surface area contributed by atoms with Gasteiger partial charge < -0.3 is 4.42 Å². The highest BCUT2D eigenvalue weighted by molar-refractivity contribution is 5.62. The van der Waals surface area contributed by atoms with Crippen molar-refractivity contribution in [3.8, 4) is 11.3 Å². The van der Waals surface area contributed by atoms with E-state index in [4.69, 9.17) is 9.41 Å². The second-order valence-electron chi connectivity index (χ2n) is 8.33. The van der Waals surface area contributed by atoms with Crippen LogP contribution >= 0.6 is 0 Å². The maximum atomic E-state index is 14.3. The minimum Gasteiger partial charge on any atom is -0.408 e. The summed E-state index contributed by atoms with van der Waals surface area (Å²) in [7, 11) is 1.83. The average Bonchev–Trinajstić information content (AvgIpc) is 3.17. The van der Waals surface area contributed by atoms with E-state index in [-0.39, 0.29) is 11.2 Å². The maximum absolute atomic E-state index is 14.3. The number of halogens is 1. The van der Waals surface area contributed by atoms with E-state index in [9.17, 15) is 4.39 Å². The van der Waals surface area contributed by atoms with E-state index in [0.29, 0.717) is 28.8 Å². The van der Waals surface area contributed by atoms with Crippen molar-refractivity contribution >= 4 is 0 Å². The summed E-state index contributed by atoms with van der Waals surface area (Å²) in [5, 5.41) is 13.2. The molecule has 2 bridgehead atoms. The van der Waals surface area contributed by atoms with Crippen LogP contribution in [0.5, 0.6) is 0 Å². The summed E-state index contributed by atoms with van der Waals surface area (Å²) in [6.07, 6.45) is 1.88. The molecule has 5 rings (SSSR count). The van der Waals surface area contributed by atoms with Gasteiger partial charge in [0.15, 0.2) is 0 Å². The number of benzene rings is 1. The molecule has 0 saturated heterocycles. The number of rotatable bonds is 2. The molecule has 1 saturated carbocycles. The number of nitrogens with zero attached hydrogens (tertiary/aromatic N) is 5. The minimum absolute atomic E-state index is 0.147. The third-order valence-electron chi connectivity index (χ3n) is 6.57. The SMILES string of the molecule is Cc1nn(C)/c(=N\[C@@]23CC[C@@H](c4cc(-c5ccccc5F)nnc42)C3(C)C)o1.